The van der Waals surface area contributed by atoms with Gasteiger partial charge in [-0.1, -0.05) is 18.6 Å². The predicted octanol–water partition coefficient (Wildman–Crippen LogP) is 3.90. The van der Waals surface area contributed by atoms with Crippen LogP contribution in [0.5, 0.6) is 0 Å². The van der Waals surface area contributed by atoms with E-state index in [0.717, 1.165) is 37.7 Å². The molecule has 2 unspecified atom stereocenters. The molecule has 2 fully saturated rings. The summed E-state index contributed by atoms with van der Waals surface area (Å²) in [7, 11) is -1.96. The van der Waals surface area contributed by atoms with Crippen molar-refractivity contribution < 1.29 is 22.7 Å². The van der Waals surface area contributed by atoms with Crippen molar-refractivity contribution in [1.29, 1.82) is 0 Å². The Morgan fingerprint density at radius 3 is 2.77 bits per heavy atom. The van der Waals surface area contributed by atoms with Crippen LogP contribution in [0.15, 0.2) is 24.3 Å². The van der Waals surface area contributed by atoms with Gasteiger partial charge in [-0.3, -0.25) is 4.72 Å². The normalized spacial score (nSPS) is 24.4. The lowest BCUT2D eigenvalue weighted by atomic mass is 9.63. The second kappa shape index (κ2) is 8.75. The third kappa shape index (κ3) is 5.46. The van der Waals surface area contributed by atoms with Crippen molar-refractivity contribution in [3.05, 3.63) is 29.8 Å². The van der Waals surface area contributed by atoms with Crippen molar-refractivity contribution in [2.75, 3.05) is 30.7 Å². The topological polar surface area (TPSA) is 84.9 Å². The van der Waals surface area contributed by atoms with E-state index in [1.165, 1.54) is 7.11 Å². The highest BCUT2D eigenvalue weighted by Crippen LogP contribution is 2.47. The molecular weight excluding hydrogens is 404 g/mol. The fourth-order valence-corrected chi connectivity index (χ4v) is 5.62. The molecular formula is C22H34N2O5S. The second-order valence-electron chi connectivity index (χ2n) is 9.45. The van der Waals surface area contributed by atoms with Crippen LogP contribution in [0.4, 0.5) is 10.5 Å². The summed E-state index contributed by atoms with van der Waals surface area (Å²) in [6, 6.07) is 7.88. The zero-order valence-corrected chi connectivity index (χ0v) is 19.3. The molecule has 2 aliphatic rings. The molecule has 1 aliphatic carbocycles. The number of hydrogen-bond donors (Lipinski definition) is 1. The Kier molecular flexibility index (Phi) is 6.67. The Hall–Kier alpha value is -1.80. The minimum atomic E-state index is -3.45. The lowest BCUT2D eigenvalue weighted by molar-refractivity contribution is -0.00868. The van der Waals surface area contributed by atoms with Gasteiger partial charge in [-0.2, -0.15) is 0 Å². The maximum Gasteiger partial charge on any atom is 0.410 e. The molecule has 1 amide bonds. The molecule has 3 rings (SSSR count). The minimum Gasteiger partial charge on any atom is -0.444 e. The van der Waals surface area contributed by atoms with E-state index in [-0.39, 0.29) is 29.9 Å². The Labute approximate surface area is 180 Å². The van der Waals surface area contributed by atoms with Gasteiger partial charge >= 0.3 is 6.09 Å². The summed E-state index contributed by atoms with van der Waals surface area (Å²) in [5.41, 5.74) is 1.18. The maximum atomic E-state index is 12.7. The summed E-state index contributed by atoms with van der Waals surface area (Å²) < 4.78 is 37.6. The number of carbonyl (C=O) groups is 1. The third-order valence-electron chi connectivity index (χ3n) is 6.02. The molecule has 0 radical (unpaired) electrons. The first-order valence-electron chi connectivity index (χ1n) is 10.6. The van der Waals surface area contributed by atoms with Gasteiger partial charge in [0.2, 0.25) is 10.0 Å². The summed E-state index contributed by atoms with van der Waals surface area (Å²) in [5.74, 6) is -0.0776. The van der Waals surface area contributed by atoms with E-state index < -0.39 is 15.6 Å². The van der Waals surface area contributed by atoms with E-state index in [4.69, 9.17) is 9.47 Å². The summed E-state index contributed by atoms with van der Waals surface area (Å²) in [5, 5.41) is 0. The van der Waals surface area contributed by atoms with Crippen molar-refractivity contribution in [3.63, 3.8) is 0 Å². The largest absolute Gasteiger partial charge is 0.444 e. The number of methoxy groups -OCH3 is 1. The van der Waals surface area contributed by atoms with Crippen molar-refractivity contribution in [2.24, 2.45) is 0 Å². The zero-order chi connectivity index (χ0) is 22.0. The predicted molar refractivity (Wildman–Crippen MR) is 117 cm³/mol. The van der Waals surface area contributed by atoms with Gasteiger partial charge in [-0.15, -0.1) is 0 Å². The van der Waals surface area contributed by atoms with Crippen molar-refractivity contribution in [2.45, 2.75) is 69.9 Å². The first-order chi connectivity index (χ1) is 14.0. The molecule has 2 atom stereocenters. The molecule has 1 aliphatic heterocycles. The van der Waals surface area contributed by atoms with E-state index >= 15 is 0 Å². The second-order valence-corrected chi connectivity index (χ2v) is 11.3. The van der Waals surface area contributed by atoms with Gasteiger partial charge in [0, 0.05) is 25.4 Å². The number of amides is 1. The quantitative estimate of drug-likeness (QED) is 0.728. The highest BCUT2D eigenvalue weighted by molar-refractivity contribution is 7.92. The highest BCUT2D eigenvalue weighted by atomic mass is 32.2. The molecule has 30 heavy (non-hydrogen) atoms. The molecule has 8 heteroatoms. The summed E-state index contributed by atoms with van der Waals surface area (Å²) in [6.45, 7) is 6.47. The molecule has 1 heterocycles. The van der Waals surface area contributed by atoms with E-state index in [9.17, 15) is 13.2 Å². The lowest BCUT2D eigenvalue weighted by Gasteiger charge is -2.50. The molecule has 0 spiro atoms. The van der Waals surface area contributed by atoms with Gasteiger partial charge in [0.25, 0.3) is 0 Å². The molecule has 2 bridgehead atoms. The van der Waals surface area contributed by atoms with Crippen LogP contribution in [-0.4, -0.2) is 57.1 Å². The first-order valence-corrected chi connectivity index (χ1v) is 12.3. The first kappa shape index (κ1) is 22.9. The number of rotatable bonds is 6. The summed E-state index contributed by atoms with van der Waals surface area (Å²) in [6.07, 6.45) is 4.56. The minimum absolute atomic E-state index is 0.0323. The van der Waals surface area contributed by atoms with Crippen LogP contribution in [0.25, 0.3) is 0 Å². The number of nitrogens with zero attached hydrogens (tertiary/aromatic N) is 1. The number of sulfonamides is 1. The van der Waals surface area contributed by atoms with Crippen LogP contribution < -0.4 is 4.72 Å². The monoisotopic (exact) mass is 438 g/mol. The van der Waals surface area contributed by atoms with E-state index in [0.29, 0.717) is 12.2 Å². The lowest BCUT2D eigenvalue weighted by Crippen LogP contribution is -2.54. The number of likely N-dealkylation sites (tertiary alicyclic amines) is 1. The summed E-state index contributed by atoms with van der Waals surface area (Å²) >= 11 is 0. The molecule has 7 nitrogen and oxygen atoms in total. The molecule has 1 aromatic carbocycles. The van der Waals surface area contributed by atoms with E-state index in [1.54, 1.807) is 6.07 Å². The van der Waals surface area contributed by atoms with Crippen molar-refractivity contribution >= 4 is 21.8 Å². The van der Waals surface area contributed by atoms with Crippen LogP contribution in [0.2, 0.25) is 0 Å². The Morgan fingerprint density at radius 2 is 2.07 bits per heavy atom. The molecule has 1 aromatic rings. The SMILES string of the molecule is COCCS(=O)(=O)Nc1cccc(C23CCCC(C2)N(C(=O)OC(C)(C)C)CC3)c1. The fraction of sp³-hybridized carbons (Fsp3) is 0.682. The third-order valence-corrected chi connectivity index (χ3v) is 7.27. The number of carbonyl (C=O) groups excluding carboxylic acids is 1. The number of nitrogens with one attached hydrogen (secondary N) is 1. The Balaban J connectivity index is 1.76. The van der Waals surface area contributed by atoms with Gasteiger partial charge < -0.3 is 14.4 Å². The summed E-state index contributed by atoms with van der Waals surface area (Å²) in [4.78, 5) is 14.6. The number of ether oxygens (including phenoxy) is 2. The van der Waals surface area contributed by atoms with Crippen LogP contribution in [0, 0.1) is 0 Å². The smallest absolute Gasteiger partial charge is 0.410 e. The number of anilines is 1. The van der Waals surface area contributed by atoms with Crippen LogP contribution in [0.1, 0.15) is 58.4 Å². The van der Waals surface area contributed by atoms with Crippen LogP contribution >= 0.6 is 0 Å². The van der Waals surface area contributed by atoms with Crippen molar-refractivity contribution in [3.8, 4) is 0 Å². The van der Waals surface area contributed by atoms with Gasteiger partial charge in [-0.05, 0) is 69.6 Å². The van der Waals surface area contributed by atoms with Crippen molar-refractivity contribution in [1.82, 2.24) is 4.90 Å². The van der Waals surface area contributed by atoms with Gasteiger partial charge in [0.1, 0.15) is 5.60 Å². The van der Waals surface area contributed by atoms with Crippen LogP contribution in [0.3, 0.4) is 0 Å². The Morgan fingerprint density at radius 1 is 1.30 bits per heavy atom. The highest BCUT2D eigenvalue weighted by Gasteiger charge is 2.46. The Bertz CT molecular complexity index is 865. The van der Waals surface area contributed by atoms with Gasteiger partial charge in [-0.25, -0.2) is 13.2 Å². The zero-order valence-electron chi connectivity index (χ0n) is 18.4. The van der Waals surface area contributed by atoms with Gasteiger partial charge in [0.05, 0.1) is 12.4 Å². The number of fused-ring (bicyclic) bond motifs is 2. The average Bonchev–Trinajstić information content (AvgIpc) is 2.65. The fourth-order valence-electron chi connectivity index (χ4n) is 4.64. The van der Waals surface area contributed by atoms with Gasteiger partial charge in [0.15, 0.2) is 0 Å². The number of piperidine rings is 1. The van der Waals surface area contributed by atoms with E-state index in [1.807, 2.05) is 37.8 Å². The van der Waals surface area contributed by atoms with Crippen LogP contribution in [-0.2, 0) is 24.9 Å². The van der Waals surface area contributed by atoms with E-state index in [2.05, 4.69) is 10.8 Å². The molecule has 1 saturated heterocycles. The standard InChI is InChI=1S/C22H34N2O5S/c1-21(2,3)29-20(25)24-12-11-22(10-6-9-19(24)16-22)17-7-5-8-18(15-17)23-30(26,27)14-13-28-4/h5,7-8,15,19,23H,6,9-14,16H2,1-4H3. The molecule has 1 saturated carbocycles. The molecule has 0 aromatic heterocycles. The maximum absolute atomic E-state index is 12.7. The average molecular weight is 439 g/mol. The number of benzene rings is 1. The number of hydrogen-bond acceptors (Lipinski definition) is 5. The molecule has 168 valence electrons. The molecule has 1 N–H and O–H groups in total.